The molecule has 0 spiro atoms. The van der Waals surface area contributed by atoms with Crippen LogP contribution in [-0.2, 0) is 10.0 Å². The van der Waals surface area contributed by atoms with Crippen molar-refractivity contribution in [2.45, 2.75) is 50.1 Å². The molecule has 2 N–H and O–H groups in total. The fraction of sp³-hybridized carbons (Fsp3) is 0.647. The lowest BCUT2D eigenvalue weighted by Gasteiger charge is -2.27. The van der Waals surface area contributed by atoms with E-state index in [1.807, 2.05) is 11.0 Å². The van der Waals surface area contributed by atoms with E-state index in [-0.39, 0.29) is 23.6 Å². The summed E-state index contributed by atoms with van der Waals surface area (Å²) in [5, 5.41) is 9.59. The third kappa shape index (κ3) is 3.38. The maximum atomic E-state index is 13.0. The fourth-order valence-corrected chi connectivity index (χ4v) is 5.22. The lowest BCUT2D eigenvalue weighted by atomic mass is 10.1. The first-order valence-electron chi connectivity index (χ1n) is 8.58. The van der Waals surface area contributed by atoms with Crippen molar-refractivity contribution in [3.05, 3.63) is 18.2 Å². The highest BCUT2D eigenvalue weighted by Crippen LogP contribution is 2.38. The van der Waals surface area contributed by atoms with E-state index in [4.69, 9.17) is 4.74 Å². The Kier molecular flexibility index (Phi) is 5.03. The molecule has 2 heterocycles. The van der Waals surface area contributed by atoms with Crippen LogP contribution in [-0.4, -0.2) is 45.4 Å². The van der Waals surface area contributed by atoms with Gasteiger partial charge < -0.3 is 14.7 Å². The molecule has 0 saturated carbocycles. The van der Waals surface area contributed by atoms with Crippen molar-refractivity contribution in [1.29, 1.82) is 0 Å². The summed E-state index contributed by atoms with van der Waals surface area (Å²) < 4.78 is 34.6. The van der Waals surface area contributed by atoms with Crippen LogP contribution in [0, 0.1) is 5.92 Å². The average Bonchev–Trinajstić information content (AvgIpc) is 2.95. The van der Waals surface area contributed by atoms with E-state index < -0.39 is 10.0 Å². The van der Waals surface area contributed by atoms with Gasteiger partial charge in [0.2, 0.25) is 10.0 Å². The molecule has 0 aliphatic carbocycles. The molecule has 1 aromatic carbocycles. The maximum Gasteiger partial charge on any atom is 0.246 e. The van der Waals surface area contributed by atoms with Crippen LogP contribution >= 0.6 is 0 Å². The number of ether oxygens (including phenoxy) is 1. The van der Waals surface area contributed by atoms with Crippen molar-refractivity contribution < 1.29 is 18.3 Å². The van der Waals surface area contributed by atoms with Gasteiger partial charge >= 0.3 is 0 Å². The van der Waals surface area contributed by atoms with Gasteiger partial charge in [-0.2, -0.15) is 0 Å². The quantitative estimate of drug-likeness (QED) is 0.861. The lowest BCUT2D eigenvalue weighted by molar-refractivity contribution is 0.261. The smallest absolute Gasteiger partial charge is 0.246 e. The molecular weight excluding hydrogens is 328 g/mol. The summed E-state index contributed by atoms with van der Waals surface area (Å²) in [7, 11) is -3.67. The highest BCUT2D eigenvalue weighted by molar-refractivity contribution is 7.89. The van der Waals surface area contributed by atoms with Crippen molar-refractivity contribution in [3.8, 4) is 5.75 Å². The van der Waals surface area contributed by atoms with E-state index in [1.165, 1.54) is 0 Å². The van der Waals surface area contributed by atoms with Gasteiger partial charge in [0.15, 0.2) is 0 Å². The Hall–Kier alpha value is -1.31. The van der Waals surface area contributed by atoms with E-state index in [0.29, 0.717) is 24.0 Å². The Balaban J connectivity index is 2.01. The van der Waals surface area contributed by atoms with E-state index >= 15 is 0 Å². The Bertz CT molecular complexity index is 690. The molecule has 24 heavy (non-hydrogen) atoms. The maximum absolute atomic E-state index is 13.0. The molecule has 0 bridgehead atoms. The van der Waals surface area contributed by atoms with Gasteiger partial charge in [0.05, 0.1) is 24.4 Å². The summed E-state index contributed by atoms with van der Waals surface area (Å²) in [4.78, 5) is 2.20. The normalized spacial score (nSPS) is 26.1. The molecule has 1 aromatic rings. The molecule has 0 aromatic heterocycles. The zero-order valence-corrected chi connectivity index (χ0v) is 15.1. The van der Waals surface area contributed by atoms with Crippen molar-refractivity contribution in [2.75, 3.05) is 24.7 Å². The monoisotopic (exact) mass is 354 g/mol. The molecule has 2 aliphatic heterocycles. The molecular formula is C17H26N2O4S. The van der Waals surface area contributed by atoms with Crippen LogP contribution in [0.5, 0.6) is 5.75 Å². The summed E-state index contributed by atoms with van der Waals surface area (Å²) >= 11 is 0. The Morgan fingerprint density at radius 3 is 2.92 bits per heavy atom. The second-order valence-electron chi connectivity index (χ2n) is 7.04. The third-order valence-corrected chi connectivity index (χ3v) is 6.23. The summed E-state index contributed by atoms with van der Waals surface area (Å²) in [5.74, 6) is 0.772. The second kappa shape index (κ2) is 6.90. The molecule has 2 aliphatic rings. The van der Waals surface area contributed by atoms with Gasteiger partial charge in [0, 0.05) is 6.54 Å². The number of nitrogens with one attached hydrogen (secondary N) is 1. The molecule has 0 amide bonds. The largest absolute Gasteiger partial charge is 0.490 e. The first-order valence-corrected chi connectivity index (χ1v) is 10.1. The number of hydrogen-bond donors (Lipinski definition) is 2. The van der Waals surface area contributed by atoms with Gasteiger partial charge in [-0.3, -0.25) is 0 Å². The number of fused-ring (bicyclic) bond motifs is 1. The van der Waals surface area contributed by atoms with Crippen LogP contribution in [0.2, 0.25) is 0 Å². The van der Waals surface area contributed by atoms with Gasteiger partial charge in [-0.15, -0.1) is 0 Å². The number of aliphatic hydroxyl groups excluding tert-OH is 1. The molecule has 1 saturated heterocycles. The number of sulfonamides is 1. The number of hydrogen-bond acceptors (Lipinski definition) is 5. The van der Waals surface area contributed by atoms with E-state index in [0.717, 1.165) is 25.8 Å². The SMILES string of the molecule is CC(C)C[C@H]1COc2cccc(N3CCC[C@@H]3CO)c2S(=O)(=O)N1. The first kappa shape index (κ1) is 17.5. The molecule has 7 heteroatoms. The van der Waals surface area contributed by atoms with Gasteiger partial charge in [-0.25, -0.2) is 13.1 Å². The predicted molar refractivity (Wildman–Crippen MR) is 93.0 cm³/mol. The fourth-order valence-electron chi connectivity index (χ4n) is 3.64. The Labute approximate surface area is 143 Å². The highest BCUT2D eigenvalue weighted by Gasteiger charge is 2.35. The zero-order chi connectivity index (χ0) is 17.3. The van der Waals surface area contributed by atoms with Gasteiger partial charge in [0.1, 0.15) is 17.3 Å². The molecule has 3 rings (SSSR count). The Morgan fingerprint density at radius 1 is 1.42 bits per heavy atom. The van der Waals surface area contributed by atoms with Crippen LogP contribution in [0.1, 0.15) is 33.1 Å². The van der Waals surface area contributed by atoms with Crippen LogP contribution in [0.3, 0.4) is 0 Å². The molecule has 6 nitrogen and oxygen atoms in total. The van der Waals surface area contributed by atoms with Crippen molar-refractivity contribution in [3.63, 3.8) is 0 Å². The van der Waals surface area contributed by atoms with Gasteiger partial charge in [0.25, 0.3) is 0 Å². The zero-order valence-electron chi connectivity index (χ0n) is 14.2. The number of benzene rings is 1. The molecule has 134 valence electrons. The molecule has 2 atom stereocenters. The molecule has 0 unspecified atom stereocenters. The topological polar surface area (TPSA) is 78.9 Å². The van der Waals surface area contributed by atoms with Crippen molar-refractivity contribution >= 4 is 15.7 Å². The molecule has 0 radical (unpaired) electrons. The predicted octanol–water partition coefficient (Wildman–Crippen LogP) is 1.73. The number of nitrogens with zero attached hydrogens (tertiary/aromatic N) is 1. The van der Waals surface area contributed by atoms with Gasteiger partial charge in [-0.05, 0) is 37.3 Å². The number of aliphatic hydroxyl groups is 1. The second-order valence-corrected chi connectivity index (χ2v) is 8.69. The first-order chi connectivity index (χ1) is 11.4. The van der Waals surface area contributed by atoms with Crippen LogP contribution in [0.25, 0.3) is 0 Å². The number of anilines is 1. The van der Waals surface area contributed by atoms with Crippen LogP contribution in [0.4, 0.5) is 5.69 Å². The Morgan fingerprint density at radius 2 is 2.21 bits per heavy atom. The minimum absolute atomic E-state index is 0.0218. The van der Waals surface area contributed by atoms with Crippen molar-refractivity contribution in [1.82, 2.24) is 4.72 Å². The van der Waals surface area contributed by atoms with Gasteiger partial charge in [-0.1, -0.05) is 19.9 Å². The highest BCUT2D eigenvalue weighted by atomic mass is 32.2. The molecule has 1 fully saturated rings. The lowest BCUT2D eigenvalue weighted by Crippen LogP contribution is -2.38. The minimum atomic E-state index is -3.67. The summed E-state index contributed by atoms with van der Waals surface area (Å²) in [6, 6.07) is 5.06. The average molecular weight is 354 g/mol. The van der Waals surface area contributed by atoms with E-state index in [2.05, 4.69) is 18.6 Å². The number of rotatable bonds is 4. The van der Waals surface area contributed by atoms with Crippen molar-refractivity contribution in [2.24, 2.45) is 5.92 Å². The third-order valence-electron chi connectivity index (χ3n) is 4.64. The summed E-state index contributed by atoms with van der Waals surface area (Å²) in [6.07, 6.45) is 2.54. The van der Waals surface area contributed by atoms with Crippen LogP contribution in [0.15, 0.2) is 23.1 Å². The van der Waals surface area contributed by atoms with Crippen LogP contribution < -0.4 is 14.4 Å². The standard InChI is InChI=1S/C17H26N2O4S/c1-12(2)9-13-11-23-16-7-3-6-15(17(16)24(21,22)18-13)19-8-4-5-14(19)10-20/h3,6-7,12-14,18,20H,4-5,8-11H2,1-2H3/t13-,14+/m0/s1. The van der Waals surface area contributed by atoms with E-state index in [1.54, 1.807) is 12.1 Å². The summed E-state index contributed by atoms with van der Waals surface area (Å²) in [6.45, 7) is 5.22. The summed E-state index contributed by atoms with van der Waals surface area (Å²) in [5.41, 5.74) is 0.627. The van der Waals surface area contributed by atoms with E-state index in [9.17, 15) is 13.5 Å². The minimum Gasteiger partial charge on any atom is -0.490 e.